The minimum atomic E-state index is -0.663. The number of ether oxygens (including phenoxy) is 1. The van der Waals surface area contributed by atoms with E-state index >= 15 is 0 Å². The molecule has 0 bridgehead atoms. The van der Waals surface area contributed by atoms with Gasteiger partial charge >= 0.3 is 0 Å². The van der Waals surface area contributed by atoms with Crippen LogP contribution in [-0.4, -0.2) is 43.6 Å². The van der Waals surface area contributed by atoms with Crippen molar-refractivity contribution in [2.24, 2.45) is 0 Å². The van der Waals surface area contributed by atoms with Crippen LogP contribution in [0.2, 0.25) is 0 Å². The number of carbonyl (C=O) groups is 2. The highest BCUT2D eigenvalue weighted by atomic mass is 19.1. The Labute approximate surface area is 104 Å². The van der Waals surface area contributed by atoms with Crippen LogP contribution in [0.4, 0.5) is 4.39 Å². The van der Waals surface area contributed by atoms with E-state index in [0.717, 1.165) is 12.3 Å². The van der Waals surface area contributed by atoms with Gasteiger partial charge in [0.2, 0.25) is 11.9 Å². The molecule has 7 heteroatoms. The summed E-state index contributed by atoms with van der Waals surface area (Å²) in [7, 11) is 1.52. The molecule has 2 N–H and O–H groups in total. The summed E-state index contributed by atoms with van der Waals surface area (Å²) in [6.45, 7) is 0.630. The Hall–Kier alpha value is -2.02. The van der Waals surface area contributed by atoms with Crippen molar-refractivity contribution < 1.29 is 18.7 Å². The number of methoxy groups -OCH3 is 1. The Morgan fingerprint density at radius 2 is 2.17 bits per heavy atom. The smallest absolute Gasteiger partial charge is 0.253 e. The lowest BCUT2D eigenvalue weighted by Crippen LogP contribution is -2.38. The van der Waals surface area contributed by atoms with Crippen LogP contribution >= 0.6 is 0 Å². The molecule has 0 unspecified atom stereocenters. The molecule has 0 saturated heterocycles. The molecule has 6 nitrogen and oxygen atoms in total. The van der Waals surface area contributed by atoms with E-state index in [4.69, 9.17) is 4.74 Å². The number of nitrogens with one attached hydrogen (secondary N) is 2. The summed E-state index contributed by atoms with van der Waals surface area (Å²) in [5.41, 5.74) is 0.195. The van der Waals surface area contributed by atoms with Crippen LogP contribution in [0, 0.1) is 5.95 Å². The lowest BCUT2D eigenvalue weighted by Gasteiger charge is -2.06. The molecule has 0 fully saturated rings. The molecule has 1 heterocycles. The van der Waals surface area contributed by atoms with Gasteiger partial charge in [0, 0.05) is 19.9 Å². The lowest BCUT2D eigenvalue weighted by molar-refractivity contribution is -0.120. The zero-order chi connectivity index (χ0) is 13.4. The number of amides is 2. The van der Waals surface area contributed by atoms with Crippen LogP contribution in [-0.2, 0) is 9.53 Å². The maximum absolute atomic E-state index is 12.5. The van der Waals surface area contributed by atoms with E-state index in [1.807, 2.05) is 0 Å². The Balaban J connectivity index is 2.32. The molecule has 18 heavy (non-hydrogen) atoms. The molecule has 0 aliphatic heterocycles. The maximum Gasteiger partial charge on any atom is 0.253 e. The fourth-order valence-corrected chi connectivity index (χ4v) is 1.13. The van der Waals surface area contributed by atoms with E-state index in [9.17, 15) is 14.0 Å². The summed E-state index contributed by atoms with van der Waals surface area (Å²) in [5, 5.41) is 4.94. The van der Waals surface area contributed by atoms with Gasteiger partial charge < -0.3 is 15.4 Å². The van der Waals surface area contributed by atoms with Crippen molar-refractivity contribution in [1.82, 2.24) is 15.6 Å². The third-order valence-corrected chi connectivity index (χ3v) is 2.03. The van der Waals surface area contributed by atoms with E-state index in [1.54, 1.807) is 0 Å². The number of carbonyl (C=O) groups excluding carboxylic acids is 2. The summed E-state index contributed by atoms with van der Waals surface area (Å²) in [5.74, 6) is -1.47. The Morgan fingerprint density at radius 3 is 2.78 bits per heavy atom. The number of aromatic nitrogens is 1. The maximum atomic E-state index is 12.5. The van der Waals surface area contributed by atoms with Crippen molar-refractivity contribution in [3.05, 3.63) is 29.8 Å². The zero-order valence-corrected chi connectivity index (χ0v) is 9.90. The third kappa shape index (κ3) is 4.88. The van der Waals surface area contributed by atoms with Crippen LogP contribution in [0.15, 0.2) is 18.3 Å². The van der Waals surface area contributed by atoms with Crippen molar-refractivity contribution in [3.8, 4) is 0 Å². The summed E-state index contributed by atoms with van der Waals surface area (Å²) in [4.78, 5) is 26.1. The summed E-state index contributed by atoms with van der Waals surface area (Å²) < 4.78 is 17.3. The number of hydrogen-bond donors (Lipinski definition) is 2. The van der Waals surface area contributed by atoms with Gasteiger partial charge in [-0.3, -0.25) is 9.59 Å². The standard InChI is InChI=1S/C11H14FN3O3/c1-18-5-4-13-10(16)7-15-11(17)8-2-3-9(12)14-6-8/h2-3,6H,4-5,7H2,1H3,(H,13,16)(H,15,17). The van der Waals surface area contributed by atoms with Crippen molar-refractivity contribution in [1.29, 1.82) is 0 Å². The van der Waals surface area contributed by atoms with Gasteiger partial charge in [-0.2, -0.15) is 4.39 Å². The molecule has 0 aromatic carbocycles. The Bertz CT molecular complexity index is 408. The first-order chi connectivity index (χ1) is 8.63. The summed E-state index contributed by atoms with van der Waals surface area (Å²) in [6.07, 6.45) is 1.10. The SMILES string of the molecule is COCCNC(=O)CNC(=O)c1ccc(F)nc1. The largest absolute Gasteiger partial charge is 0.383 e. The van der Waals surface area contributed by atoms with Gasteiger partial charge in [0.25, 0.3) is 5.91 Å². The first-order valence-corrected chi connectivity index (χ1v) is 5.29. The van der Waals surface area contributed by atoms with Crippen molar-refractivity contribution in [2.75, 3.05) is 26.8 Å². The second kappa shape index (κ2) is 7.33. The number of nitrogens with zero attached hydrogens (tertiary/aromatic N) is 1. The van der Waals surface area contributed by atoms with E-state index in [0.29, 0.717) is 13.2 Å². The van der Waals surface area contributed by atoms with Crippen LogP contribution < -0.4 is 10.6 Å². The molecular weight excluding hydrogens is 241 g/mol. The molecule has 1 rings (SSSR count). The summed E-state index contributed by atoms with van der Waals surface area (Å²) in [6, 6.07) is 2.37. The molecule has 0 spiro atoms. The predicted molar refractivity (Wildman–Crippen MR) is 61.4 cm³/mol. The Morgan fingerprint density at radius 1 is 1.39 bits per heavy atom. The number of rotatable bonds is 6. The van der Waals surface area contributed by atoms with Gasteiger partial charge in [0.1, 0.15) is 0 Å². The monoisotopic (exact) mass is 255 g/mol. The van der Waals surface area contributed by atoms with Crippen molar-refractivity contribution >= 4 is 11.8 Å². The minimum absolute atomic E-state index is 0.153. The van der Waals surface area contributed by atoms with E-state index < -0.39 is 11.9 Å². The van der Waals surface area contributed by atoms with E-state index in [-0.39, 0.29) is 18.0 Å². The highest BCUT2D eigenvalue weighted by Crippen LogP contribution is 1.98. The van der Waals surface area contributed by atoms with Crippen LogP contribution in [0.3, 0.4) is 0 Å². The van der Waals surface area contributed by atoms with Crippen LogP contribution in [0.1, 0.15) is 10.4 Å². The fraction of sp³-hybridized carbons (Fsp3) is 0.364. The van der Waals surface area contributed by atoms with E-state index in [1.165, 1.54) is 13.2 Å². The van der Waals surface area contributed by atoms with Gasteiger partial charge in [-0.1, -0.05) is 0 Å². The Kier molecular flexibility index (Phi) is 5.72. The molecule has 0 aliphatic carbocycles. The zero-order valence-electron chi connectivity index (χ0n) is 9.90. The molecule has 2 amide bonds. The molecule has 98 valence electrons. The van der Waals surface area contributed by atoms with Gasteiger partial charge in [-0.25, -0.2) is 4.98 Å². The number of hydrogen-bond acceptors (Lipinski definition) is 4. The first-order valence-electron chi connectivity index (χ1n) is 5.29. The second-order valence-corrected chi connectivity index (χ2v) is 3.40. The highest BCUT2D eigenvalue weighted by molar-refractivity contribution is 5.96. The molecular formula is C11H14FN3O3. The fourth-order valence-electron chi connectivity index (χ4n) is 1.13. The van der Waals surface area contributed by atoms with Crippen LogP contribution in [0.25, 0.3) is 0 Å². The number of halogens is 1. The quantitative estimate of drug-likeness (QED) is 0.541. The summed E-state index contributed by atoms with van der Waals surface area (Å²) >= 11 is 0. The first kappa shape index (κ1) is 14.0. The van der Waals surface area contributed by atoms with Crippen molar-refractivity contribution in [2.45, 2.75) is 0 Å². The second-order valence-electron chi connectivity index (χ2n) is 3.40. The topological polar surface area (TPSA) is 80.3 Å². The van der Waals surface area contributed by atoms with Crippen LogP contribution in [0.5, 0.6) is 0 Å². The van der Waals surface area contributed by atoms with Crippen molar-refractivity contribution in [3.63, 3.8) is 0 Å². The lowest BCUT2D eigenvalue weighted by atomic mass is 10.2. The van der Waals surface area contributed by atoms with Gasteiger partial charge in [-0.05, 0) is 12.1 Å². The minimum Gasteiger partial charge on any atom is -0.383 e. The average molecular weight is 255 g/mol. The normalized spacial score (nSPS) is 9.89. The molecule has 1 aromatic rings. The van der Waals surface area contributed by atoms with E-state index in [2.05, 4.69) is 15.6 Å². The van der Waals surface area contributed by atoms with Gasteiger partial charge in [0.15, 0.2) is 0 Å². The molecule has 0 saturated carbocycles. The molecule has 0 radical (unpaired) electrons. The molecule has 1 aromatic heterocycles. The average Bonchev–Trinajstić information content (AvgIpc) is 2.37. The third-order valence-electron chi connectivity index (χ3n) is 2.03. The molecule has 0 atom stereocenters. The highest BCUT2D eigenvalue weighted by Gasteiger charge is 2.08. The predicted octanol–water partition coefficient (Wildman–Crippen LogP) is -0.287. The van der Waals surface area contributed by atoms with Gasteiger partial charge in [0.05, 0.1) is 18.7 Å². The van der Waals surface area contributed by atoms with Gasteiger partial charge in [-0.15, -0.1) is 0 Å². The number of pyridine rings is 1. The molecule has 0 aliphatic rings.